The van der Waals surface area contributed by atoms with Gasteiger partial charge in [-0.1, -0.05) is 0 Å². The minimum absolute atomic E-state index is 0.00464. The number of hydrogen-bond acceptors (Lipinski definition) is 5. The van der Waals surface area contributed by atoms with Gasteiger partial charge in [0, 0.05) is 12.6 Å². The van der Waals surface area contributed by atoms with Crippen molar-refractivity contribution in [3.8, 4) is 0 Å². The minimum atomic E-state index is -3.01. The summed E-state index contributed by atoms with van der Waals surface area (Å²) in [5, 5.41) is 11.9. The molecule has 0 unspecified atom stereocenters. The van der Waals surface area contributed by atoms with Crippen LogP contribution in [0.25, 0.3) is 0 Å². The first-order valence-electron chi connectivity index (χ1n) is 6.05. The van der Waals surface area contributed by atoms with Crippen LogP contribution in [0.4, 0.5) is 0 Å². The molecule has 9 heteroatoms. The number of carboxylic acids is 1. The Morgan fingerprint density at radius 3 is 2.63 bits per heavy atom. The summed E-state index contributed by atoms with van der Waals surface area (Å²) >= 11 is 0. The molecule has 0 bridgehead atoms. The molecule has 0 aliphatic carbocycles. The lowest BCUT2D eigenvalue weighted by molar-refractivity contribution is -0.139. The molecular formula is C10H20N4O4S. The Balaban J connectivity index is 2.41. The molecule has 1 aliphatic heterocycles. The number of rotatable bonds is 7. The van der Waals surface area contributed by atoms with E-state index in [2.05, 4.69) is 10.3 Å². The molecule has 19 heavy (non-hydrogen) atoms. The zero-order chi connectivity index (χ0) is 14.5. The molecule has 1 fully saturated rings. The van der Waals surface area contributed by atoms with Crippen LogP contribution in [0, 0.1) is 0 Å². The van der Waals surface area contributed by atoms with Crippen LogP contribution in [-0.4, -0.2) is 55.6 Å². The highest BCUT2D eigenvalue weighted by Gasteiger charge is 2.30. The first-order chi connectivity index (χ1) is 8.80. The zero-order valence-electron chi connectivity index (χ0n) is 10.6. The molecule has 0 aromatic carbocycles. The minimum Gasteiger partial charge on any atom is -0.480 e. The fraction of sp³-hybridized carbons (Fsp3) is 0.800. The second-order valence-electron chi connectivity index (χ2n) is 4.61. The van der Waals surface area contributed by atoms with E-state index in [0.717, 1.165) is 0 Å². The Bertz CT molecular complexity index is 444. The highest BCUT2D eigenvalue weighted by molar-refractivity contribution is 7.91. The quantitative estimate of drug-likeness (QED) is 0.247. The molecule has 0 aromatic heterocycles. The van der Waals surface area contributed by atoms with Crippen LogP contribution in [0.2, 0.25) is 0 Å². The number of aliphatic carboxylic acids is 1. The maximum Gasteiger partial charge on any atom is 0.320 e. The maximum absolute atomic E-state index is 11.3. The van der Waals surface area contributed by atoms with E-state index in [1.165, 1.54) is 0 Å². The van der Waals surface area contributed by atoms with Gasteiger partial charge in [0.2, 0.25) is 0 Å². The molecular weight excluding hydrogens is 272 g/mol. The number of aliphatic imine (C=N–C) groups is 1. The van der Waals surface area contributed by atoms with Crippen molar-refractivity contribution in [2.45, 2.75) is 31.3 Å². The highest BCUT2D eigenvalue weighted by atomic mass is 32.2. The fourth-order valence-electron chi connectivity index (χ4n) is 1.99. The average Bonchev–Trinajstić information content (AvgIpc) is 2.62. The highest BCUT2D eigenvalue weighted by Crippen LogP contribution is 2.13. The molecule has 8 nitrogen and oxygen atoms in total. The second-order valence-corrected chi connectivity index (χ2v) is 6.83. The van der Waals surface area contributed by atoms with Crippen molar-refractivity contribution >= 4 is 21.8 Å². The lowest BCUT2D eigenvalue weighted by Gasteiger charge is -2.18. The van der Waals surface area contributed by atoms with Gasteiger partial charge < -0.3 is 21.9 Å². The second kappa shape index (κ2) is 6.71. The zero-order valence-corrected chi connectivity index (χ0v) is 11.4. The van der Waals surface area contributed by atoms with Crippen molar-refractivity contribution in [3.63, 3.8) is 0 Å². The number of carboxylic acid groups (broad SMARTS) is 1. The first-order valence-corrected chi connectivity index (χ1v) is 7.87. The van der Waals surface area contributed by atoms with Gasteiger partial charge >= 0.3 is 5.97 Å². The smallest absolute Gasteiger partial charge is 0.320 e. The summed E-state index contributed by atoms with van der Waals surface area (Å²) in [6.45, 7) is 0.358. The van der Waals surface area contributed by atoms with Gasteiger partial charge in [-0.3, -0.25) is 9.79 Å². The van der Waals surface area contributed by atoms with Crippen molar-refractivity contribution in [2.75, 3.05) is 18.1 Å². The van der Waals surface area contributed by atoms with E-state index < -0.39 is 21.8 Å². The first kappa shape index (κ1) is 15.7. The number of nitrogens with one attached hydrogen (secondary N) is 1. The van der Waals surface area contributed by atoms with Gasteiger partial charge in [-0.15, -0.1) is 0 Å². The van der Waals surface area contributed by atoms with Crippen LogP contribution in [0.5, 0.6) is 0 Å². The number of hydrogen-bond donors (Lipinski definition) is 4. The largest absolute Gasteiger partial charge is 0.480 e. The van der Waals surface area contributed by atoms with E-state index in [1.807, 2.05) is 0 Å². The monoisotopic (exact) mass is 292 g/mol. The standard InChI is InChI=1S/C10H20N4O4S/c11-10(12)13-4-1-2-8(9(15)16)14-7-3-5-19(17,18)6-7/h7-8,14H,1-6H2,(H,15,16)(H4,11,12,13)/t7-,8+/m0/s1. The van der Waals surface area contributed by atoms with Crippen molar-refractivity contribution < 1.29 is 18.3 Å². The molecule has 0 spiro atoms. The topological polar surface area (TPSA) is 148 Å². The molecule has 1 heterocycles. The third kappa shape index (κ3) is 5.88. The van der Waals surface area contributed by atoms with Crippen LogP contribution in [0.1, 0.15) is 19.3 Å². The third-order valence-corrected chi connectivity index (χ3v) is 4.68. The summed E-state index contributed by atoms with van der Waals surface area (Å²) in [6.07, 6.45) is 1.32. The lowest BCUT2D eigenvalue weighted by Crippen LogP contribution is -2.44. The third-order valence-electron chi connectivity index (χ3n) is 2.91. The molecule has 0 amide bonds. The lowest BCUT2D eigenvalue weighted by atomic mass is 10.1. The number of nitrogens with zero attached hydrogens (tertiary/aromatic N) is 1. The van der Waals surface area contributed by atoms with E-state index in [0.29, 0.717) is 25.8 Å². The average molecular weight is 292 g/mol. The van der Waals surface area contributed by atoms with Crippen LogP contribution < -0.4 is 16.8 Å². The van der Waals surface area contributed by atoms with Crippen molar-refractivity contribution in [2.24, 2.45) is 16.5 Å². The summed E-state index contributed by atoms with van der Waals surface area (Å²) in [4.78, 5) is 14.8. The van der Waals surface area contributed by atoms with E-state index >= 15 is 0 Å². The van der Waals surface area contributed by atoms with Crippen LogP contribution in [0.3, 0.4) is 0 Å². The number of sulfone groups is 1. The molecule has 1 rings (SSSR count). The van der Waals surface area contributed by atoms with E-state index in [1.54, 1.807) is 0 Å². The van der Waals surface area contributed by atoms with Crippen molar-refractivity contribution in [1.29, 1.82) is 0 Å². The Morgan fingerprint density at radius 1 is 1.47 bits per heavy atom. The molecule has 1 saturated heterocycles. The fourth-order valence-corrected chi connectivity index (χ4v) is 3.68. The summed E-state index contributed by atoms with van der Waals surface area (Å²) in [5.74, 6) is -0.897. The van der Waals surface area contributed by atoms with Gasteiger partial charge in [-0.25, -0.2) is 8.42 Å². The summed E-state index contributed by atoms with van der Waals surface area (Å²) in [5.41, 5.74) is 10.3. The molecule has 6 N–H and O–H groups in total. The Kier molecular flexibility index (Phi) is 5.55. The number of nitrogens with two attached hydrogens (primary N) is 2. The van der Waals surface area contributed by atoms with Gasteiger partial charge in [0.05, 0.1) is 11.5 Å². The Labute approximate surface area is 112 Å². The van der Waals surface area contributed by atoms with Crippen LogP contribution in [0.15, 0.2) is 4.99 Å². The van der Waals surface area contributed by atoms with E-state index in [-0.39, 0.29) is 23.5 Å². The van der Waals surface area contributed by atoms with Crippen LogP contribution >= 0.6 is 0 Å². The number of carbonyl (C=O) groups is 1. The Morgan fingerprint density at radius 2 is 2.16 bits per heavy atom. The SMILES string of the molecule is NC(N)=NCCC[C@@H](N[C@H]1CCS(=O)(=O)C1)C(=O)O. The van der Waals surface area contributed by atoms with Crippen LogP contribution in [-0.2, 0) is 14.6 Å². The van der Waals surface area contributed by atoms with E-state index in [9.17, 15) is 13.2 Å². The van der Waals surface area contributed by atoms with Gasteiger partial charge in [-0.2, -0.15) is 0 Å². The van der Waals surface area contributed by atoms with Crippen molar-refractivity contribution in [1.82, 2.24) is 5.32 Å². The molecule has 1 aliphatic rings. The normalized spacial score (nSPS) is 22.8. The molecule has 110 valence electrons. The Hall–Kier alpha value is -1.35. The summed E-state index contributed by atoms with van der Waals surface area (Å²) in [7, 11) is -3.01. The van der Waals surface area contributed by atoms with Gasteiger partial charge in [-0.05, 0) is 19.3 Å². The predicted octanol–water partition coefficient (Wildman–Crippen LogP) is -1.73. The maximum atomic E-state index is 11.3. The predicted molar refractivity (Wildman–Crippen MR) is 71.5 cm³/mol. The van der Waals surface area contributed by atoms with Gasteiger partial charge in [0.15, 0.2) is 15.8 Å². The van der Waals surface area contributed by atoms with Gasteiger partial charge in [0.1, 0.15) is 6.04 Å². The van der Waals surface area contributed by atoms with E-state index in [4.69, 9.17) is 16.6 Å². The number of guanidine groups is 1. The molecule has 0 aromatic rings. The summed E-state index contributed by atoms with van der Waals surface area (Å²) < 4.78 is 22.6. The van der Waals surface area contributed by atoms with Crippen molar-refractivity contribution in [3.05, 3.63) is 0 Å². The molecule has 2 atom stereocenters. The van der Waals surface area contributed by atoms with Gasteiger partial charge in [0.25, 0.3) is 0 Å². The molecule has 0 radical (unpaired) electrons. The summed E-state index contributed by atoms with van der Waals surface area (Å²) in [6, 6.07) is -1.05. The molecule has 0 saturated carbocycles.